The average molecular weight is 349 g/mol. The van der Waals surface area contributed by atoms with Gasteiger partial charge in [-0.2, -0.15) is 10.2 Å². The van der Waals surface area contributed by atoms with Gasteiger partial charge in [0.15, 0.2) is 0 Å². The molecule has 3 aromatic heterocycles. The van der Waals surface area contributed by atoms with Crippen LogP contribution >= 0.6 is 0 Å². The molecule has 0 radical (unpaired) electrons. The zero-order chi connectivity index (χ0) is 17.3. The van der Waals surface area contributed by atoms with E-state index in [0.717, 1.165) is 0 Å². The van der Waals surface area contributed by atoms with Gasteiger partial charge in [0, 0.05) is 26.0 Å². The van der Waals surface area contributed by atoms with Gasteiger partial charge >= 0.3 is 0 Å². The molecular weight excluding hydrogens is 330 g/mol. The van der Waals surface area contributed by atoms with Gasteiger partial charge in [-0.25, -0.2) is 13.1 Å². The molecule has 0 amide bonds. The van der Waals surface area contributed by atoms with E-state index < -0.39 is 10.0 Å². The van der Waals surface area contributed by atoms with Gasteiger partial charge in [0.1, 0.15) is 16.7 Å². The third-order valence-corrected chi connectivity index (χ3v) is 5.57. The number of nitrogens with zero attached hydrogens (tertiary/aromatic N) is 4. The molecule has 0 aliphatic rings. The van der Waals surface area contributed by atoms with Gasteiger partial charge in [-0.3, -0.25) is 9.36 Å². The van der Waals surface area contributed by atoms with Crippen LogP contribution in [0.4, 0.5) is 0 Å². The van der Waals surface area contributed by atoms with E-state index in [4.69, 9.17) is 4.42 Å². The van der Waals surface area contributed by atoms with E-state index in [9.17, 15) is 8.42 Å². The predicted octanol–water partition coefficient (Wildman–Crippen LogP) is 1.39. The van der Waals surface area contributed by atoms with Crippen molar-refractivity contribution in [1.82, 2.24) is 24.3 Å². The minimum Gasteiger partial charge on any atom is -0.467 e. The van der Waals surface area contributed by atoms with Crippen molar-refractivity contribution in [2.45, 2.75) is 24.8 Å². The molecule has 3 aromatic rings. The molecule has 24 heavy (non-hydrogen) atoms. The van der Waals surface area contributed by atoms with Gasteiger partial charge < -0.3 is 4.42 Å². The Labute approximate surface area is 140 Å². The molecular formula is C15H19N5O3S. The summed E-state index contributed by atoms with van der Waals surface area (Å²) >= 11 is 0. The summed E-state index contributed by atoms with van der Waals surface area (Å²) in [6, 6.07) is 4.96. The van der Waals surface area contributed by atoms with E-state index in [1.807, 2.05) is 0 Å². The lowest BCUT2D eigenvalue weighted by molar-refractivity contribution is 0.402. The van der Waals surface area contributed by atoms with Crippen molar-refractivity contribution in [2.75, 3.05) is 6.54 Å². The summed E-state index contributed by atoms with van der Waals surface area (Å²) in [6.45, 7) is 3.52. The van der Waals surface area contributed by atoms with Crippen LogP contribution in [-0.4, -0.2) is 34.5 Å². The number of rotatable bonds is 6. The zero-order valence-corrected chi connectivity index (χ0v) is 14.5. The van der Waals surface area contributed by atoms with E-state index in [2.05, 4.69) is 14.9 Å². The van der Waals surface area contributed by atoms with Crippen LogP contribution < -0.4 is 4.72 Å². The van der Waals surface area contributed by atoms with Crippen molar-refractivity contribution in [3.63, 3.8) is 0 Å². The summed E-state index contributed by atoms with van der Waals surface area (Å²) in [4.78, 5) is 0.212. The normalized spacial score (nSPS) is 13.3. The number of hydrogen-bond acceptors (Lipinski definition) is 5. The first kappa shape index (κ1) is 16.5. The summed E-state index contributed by atoms with van der Waals surface area (Å²) in [5.41, 5.74) is 1.06. The van der Waals surface area contributed by atoms with Crippen LogP contribution in [0, 0.1) is 13.8 Å². The van der Waals surface area contributed by atoms with E-state index in [1.54, 1.807) is 67.1 Å². The molecule has 8 nitrogen and oxygen atoms in total. The molecule has 0 aromatic carbocycles. The number of aryl methyl sites for hydroxylation is 2. The molecule has 0 saturated heterocycles. The van der Waals surface area contributed by atoms with Gasteiger partial charge in [0.25, 0.3) is 0 Å². The fraction of sp³-hybridized carbons (Fsp3) is 0.333. The molecule has 1 unspecified atom stereocenters. The smallest absolute Gasteiger partial charge is 0.244 e. The van der Waals surface area contributed by atoms with Crippen LogP contribution in [0.3, 0.4) is 0 Å². The van der Waals surface area contributed by atoms with Crippen LogP contribution in [0.25, 0.3) is 0 Å². The lowest BCUT2D eigenvalue weighted by atomic mass is 10.2. The SMILES string of the molecule is Cc1nn(C)c(C)c1S(=O)(=O)NCC(c1ccco1)n1cccn1. The zero-order valence-electron chi connectivity index (χ0n) is 13.7. The molecule has 3 heterocycles. The van der Waals surface area contributed by atoms with Crippen molar-refractivity contribution >= 4 is 10.0 Å². The van der Waals surface area contributed by atoms with Crippen LogP contribution in [0.1, 0.15) is 23.2 Å². The molecule has 0 aliphatic carbocycles. The first-order valence-electron chi connectivity index (χ1n) is 7.42. The molecule has 1 N–H and O–H groups in total. The van der Waals surface area contributed by atoms with Crippen LogP contribution in [0.5, 0.6) is 0 Å². The first-order chi connectivity index (χ1) is 11.4. The highest BCUT2D eigenvalue weighted by Gasteiger charge is 2.26. The maximum atomic E-state index is 12.7. The Balaban J connectivity index is 1.87. The standard InChI is InChI=1S/C15H19N5O3S/c1-11-15(12(2)19(3)18-11)24(21,22)17-10-13(14-6-4-9-23-14)20-8-5-7-16-20/h4-9,13,17H,10H2,1-3H3. The molecule has 0 saturated carbocycles. The largest absolute Gasteiger partial charge is 0.467 e. The van der Waals surface area contributed by atoms with Crippen molar-refractivity contribution < 1.29 is 12.8 Å². The maximum absolute atomic E-state index is 12.7. The summed E-state index contributed by atoms with van der Waals surface area (Å²) in [5.74, 6) is 0.626. The number of nitrogens with one attached hydrogen (secondary N) is 1. The Bertz CT molecular complexity index is 877. The third kappa shape index (κ3) is 3.00. The highest BCUT2D eigenvalue weighted by molar-refractivity contribution is 7.89. The van der Waals surface area contributed by atoms with Crippen molar-refractivity contribution in [2.24, 2.45) is 7.05 Å². The number of sulfonamides is 1. The number of furan rings is 1. The van der Waals surface area contributed by atoms with Gasteiger partial charge in [-0.1, -0.05) is 0 Å². The number of hydrogen-bond donors (Lipinski definition) is 1. The Morgan fingerprint density at radius 2 is 2.12 bits per heavy atom. The lowest BCUT2D eigenvalue weighted by Gasteiger charge is -2.16. The van der Waals surface area contributed by atoms with Gasteiger partial charge in [0.05, 0.1) is 17.7 Å². The first-order valence-corrected chi connectivity index (χ1v) is 8.91. The van der Waals surface area contributed by atoms with E-state index in [0.29, 0.717) is 17.1 Å². The second-order valence-corrected chi connectivity index (χ2v) is 7.20. The third-order valence-electron chi connectivity index (χ3n) is 3.89. The van der Waals surface area contributed by atoms with E-state index in [1.165, 1.54) is 0 Å². The number of aromatic nitrogens is 4. The Morgan fingerprint density at radius 3 is 2.67 bits per heavy atom. The Kier molecular flexibility index (Phi) is 4.29. The summed E-state index contributed by atoms with van der Waals surface area (Å²) < 4.78 is 36.7. The molecule has 0 aliphatic heterocycles. The van der Waals surface area contributed by atoms with Crippen molar-refractivity contribution in [3.8, 4) is 0 Å². The van der Waals surface area contributed by atoms with Gasteiger partial charge in [-0.15, -0.1) is 0 Å². The van der Waals surface area contributed by atoms with Crippen molar-refractivity contribution in [1.29, 1.82) is 0 Å². The second kappa shape index (κ2) is 6.25. The molecule has 9 heteroatoms. The molecule has 1 atom stereocenters. The monoisotopic (exact) mass is 349 g/mol. The van der Waals surface area contributed by atoms with Gasteiger partial charge in [0.2, 0.25) is 10.0 Å². The van der Waals surface area contributed by atoms with E-state index in [-0.39, 0.29) is 17.5 Å². The summed E-state index contributed by atoms with van der Waals surface area (Å²) in [5, 5.41) is 8.36. The van der Waals surface area contributed by atoms with Gasteiger partial charge in [-0.05, 0) is 32.0 Å². The fourth-order valence-corrected chi connectivity index (χ4v) is 4.15. The Hall–Kier alpha value is -2.39. The van der Waals surface area contributed by atoms with Crippen LogP contribution in [0.2, 0.25) is 0 Å². The van der Waals surface area contributed by atoms with E-state index >= 15 is 0 Å². The topological polar surface area (TPSA) is 95.0 Å². The molecule has 0 bridgehead atoms. The maximum Gasteiger partial charge on any atom is 0.244 e. The van der Waals surface area contributed by atoms with Crippen molar-refractivity contribution in [3.05, 3.63) is 54.0 Å². The second-order valence-electron chi connectivity index (χ2n) is 5.49. The van der Waals surface area contributed by atoms with Crippen LogP contribution in [-0.2, 0) is 17.1 Å². The minimum atomic E-state index is -3.69. The predicted molar refractivity (Wildman–Crippen MR) is 86.9 cm³/mol. The molecule has 128 valence electrons. The lowest BCUT2D eigenvalue weighted by Crippen LogP contribution is -2.32. The average Bonchev–Trinajstić information content (AvgIpc) is 3.23. The molecule has 3 rings (SSSR count). The summed E-state index contributed by atoms with van der Waals surface area (Å²) in [6.07, 6.45) is 4.96. The molecule has 0 spiro atoms. The highest BCUT2D eigenvalue weighted by Crippen LogP contribution is 2.21. The fourth-order valence-electron chi connectivity index (χ4n) is 2.67. The Morgan fingerprint density at radius 1 is 1.33 bits per heavy atom. The minimum absolute atomic E-state index is 0.116. The molecule has 0 fully saturated rings. The summed E-state index contributed by atoms with van der Waals surface area (Å²) in [7, 11) is -1.98. The quantitative estimate of drug-likeness (QED) is 0.726. The highest BCUT2D eigenvalue weighted by atomic mass is 32.2. The van der Waals surface area contributed by atoms with Crippen LogP contribution in [0.15, 0.2) is 46.2 Å².